The van der Waals surface area contributed by atoms with E-state index in [0.717, 1.165) is 5.56 Å². The van der Waals surface area contributed by atoms with Crippen LogP contribution in [0.2, 0.25) is 5.02 Å². The lowest BCUT2D eigenvalue weighted by atomic mass is 10.0. The van der Waals surface area contributed by atoms with E-state index in [2.05, 4.69) is 19.2 Å². The lowest BCUT2D eigenvalue weighted by Gasteiger charge is -2.06. The summed E-state index contributed by atoms with van der Waals surface area (Å²) in [5.41, 5.74) is 3.26. The number of benzene rings is 3. The van der Waals surface area contributed by atoms with Crippen LogP contribution in [-0.2, 0) is 4.79 Å². The molecule has 1 amide bonds. The minimum Gasteiger partial charge on any atom is -0.423 e. The van der Waals surface area contributed by atoms with Crippen LogP contribution in [0.1, 0.15) is 41.3 Å². The standard InChI is InChI=1S/C25H22ClNO3/c1-17(2)19-6-3-18(4-7-19)5-16-24(28)30-23-14-8-20(9-15-23)25(29)27-22-12-10-21(26)11-13-22/h3-17H,1-2H3,(H,27,29)/b16-5+. The predicted octanol–water partition coefficient (Wildman–Crippen LogP) is 6.33. The van der Waals surface area contributed by atoms with Gasteiger partial charge in [-0.2, -0.15) is 0 Å². The first-order chi connectivity index (χ1) is 14.4. The number of ether oxygens (including phenoxy) is 1. The first-order valence-corrected chi connectivity index (χ1v) is 9.95. The Morgan fingerprint density at radius 1 is 0.900 bits per heavy atom. The van der Waals surface area contributed by atoms with Gasteiger partial charge in [-0.3, -0.25) is 4.79 Å². The Bertz CT molecular complexity index is 1040. The number of hydrogen-bond donors (Lipinski definition) is 1. The number of rotatable bonds is 6. The minimum atomic E-state index is -0.485. The molecule has 0 bridgehead atoms. The van der Waals surface area contributed by atoms with E-state index in [1.807, 2.05) is 24.3 Å². The number of nitrogens with one attached hydrogen (secondary N) is 1. The van der Waals surface area contributed by atoms with Gasteiger partial charge in [0.15, 0.2) is 0 Å². The molecule has 0 aliphatic heterocycles. The summed E-state index contributed by atoms with van der Waals surface area (Å²) in [6.45, 7) is 4.27. The maximum Gasteiger partial charge on any atom is 0.336 e. The number of esters is 1. The average molecular weight is 420 g/mol. The highest BCUT2D eigenvalue weighted by atomic mass is 35.5. The zero-order valence-electron chi connectivity index (χ0n) is 16.8. The number of hydrogen-bond acceptors (Lipinski definition) is 3. The molecule has 152 valence electrons. The van der Waals surface area contributed by atoms with Crippen LogP contribution in [-0.4, -0.2) is 11.9 Å². The van der Waals surface area contributed by atoms with E-state index in [1.165, 1.54) is 11.6 Å². The van der Waals surface area contributed by atoms with Gasteiger partial charge in [0.25, 0.3) is 5.91 Å². The largest absolute Gasteiger partial charge is 0.423 e. The topological polar surface area (TPSA) is 55.4 Å². The Balaban J connectivity index is 1.56. The van der Waals surface area contributed by atoms with Crippen molar-refractivity contribution in [3.63, 3.8) is 0 Å². The molecule has 4 nitrogen and oxygen atoms in total. The molecule has 3 aromatic carbocycles. The van der Waals surface area contributed by atoms with Crippen molar-refractivity contribution < 1.29 is 14.3 Å². The molecule has 0 radical (unpaired) electrons. The Morgan fingerprint density at radius 3 is 2.13 bits per heavy atom. The van der Waals surface area contributed by atoms with Crippen LogP contribution < -0.4 is 10.1 Å². The van der Waals surface area contributed by atoms with Gasteiger partial charge in [0, 0.05) is 22.3 Å². The summed E-state index contributed by atoms with van der Waals surface area (Å²) in [4.78, 5) is 24.3. The lowest BCUT2D eigenvalue weighted by Crippen LogP contribution is -2.11. The number of halogens is 1. The molecule has 3 rings (SSSR count). The van der Waals surface area contributed by atoms with Crippen molar-refractivity contribution in [3.05, 3.63) is 101 Å². The Kier molecular flexibility index (Phi) is 7.04. The molecule has 1 N–H and O–H groups in total. The van der Waals surface area contributed by atoms with E-state index >= 15 is 0 Å². The second kappa shape index (κ2) is 9.90. The molecular weight excluding hydrogens is 398 g/mol. The van der Waals surface area contributed by atoms with E-state index in [1.54, 1.807) is 54.6 Å². The summed E-state index contributed by atoms with van der Waals surface area (Å²) in [6, 6.07) is 21.2. The van der Waals surface area contributed by atoms with Crippen molar-refractivity contribution in [2.75, 3.05) is 5.32 Å². The van der Waals surface area contributed by atoms with E-state index in [9.17, 15) is 9.59 Å². The molecule has 30 heavy (non-hydrogen) atoms. The molecule has 0 aliphatic rings. The number of carbonyl (C=O) groups excluding carboxylic acids is 2. The van der Waals surface area contributed by atoms with Gasteiger partial charge >= 0.3 is 5.97 Å². The third-order valence-corrected chi connectivity index (χ3v) is 4.70. The SMILES string of the molecule is CC(C)c1ccc(/C=C/C(=O)Oc2ccc(C(=O)Nc3ccc(Cl)cc3)cc2)cc1. The van der Waals surface area contributed by atoms with Gasteiger partial charge in [-0.1, -0.05) is 49.7 Å². The van der Waals surface area contributed by atoms with Gasteiger partial charge in [-0.05, 0) is 71.7 Å². The summed E-state index contributed by atoms with van der Waals surface area (Å²) < 4.78 is 5.29. The zero-order chi connectivity index (χ0) is 21.5. The molecule has 0 saturated carbocycles. The highest BCUT2D eigenvalue weighted by molar-refractivity contribution is 6.30. The normalized spacial score (nSPS) is 10.9. The Labute approximate surface area is 181 Å². The summed E-state index contributed by atoms with van der Waals surface area (Å²) in [7, 11) is 0. The zero-order valence-corrected chi connectivity index (χ0v) is 17.5. The van der Waals surface area contributed by atoms with E-state index in [-0.39, 0.29) is 5.91 Å². The van der Waals surface area contributed by atoms with E-state index < -0.39 is 5.97 Å². The van der Waals surface area contributed by atoms with E-state index in [4.69, 9.17) is 16.3 Å². The molecule has 0 fully saturated rings. The van der Waals surface area contributed by atoms with Crippen LogP contribution in [0.15, 0.2) is 78.9 Å². The van der Waals surface area contributed by atoms with Gasteiger partial charge in [0.05, 0.1) is 0 Å². The summed E-state index contributed by atoms with van der Waals surface area (Å²) in [5.74, 6) is 0.0772. The number of carbonyl (C=O) groups is 2. The first-order valence-electron chi connectivity index (χ1n) is 9.57. The molecule has 0 unspecified atom stereocenters. The molecule has 3 aromatic rings. The molecule has 0 heterocycles. The van der Waals surface area contributed by atoms with Gasteiger partial charge < -0.3 is 10.1 Å². The quantitative estimate of drug-likeness (QED) is 0.288. The van der Waals surface area contributed by atoms with Crippen LogP contribution in [0.3, 0.4) is 0 Å². The maximum atomic E-state index is 12.3. The van der Waals surface area contributed by atoms with Gasteiger partial charge in [0.1, 0.15) is 5.75 Å². The molecule has 0 saturated heterocycles. The highest BCUT2D eigenvalue weighted by Gasteiger charge is 2.08. The number of anilines is 1. The fourth-order valence-electron chi connectivity index (χ4n) is 2.72. The van der Waals surface area contributed by atoms with Crippen molar-refractivity contribution in [1.82, 2.24) is 0 Å². The van der Waals surface area contributed by atoms with Crippen molar-refractivity contribution in [2.45, 2.75) is 19.8 Å². The minimum absolute atomic E-state index is 0.264. The lowest BCUT2D eigenvalue weighted by molar-refractivity contribution is -0.128. The monoisotopic (exact) mass is 419 g/mol. The summed E-state index contributed by atoms with van der Waals surface area (Å²) >= 11 is 5.84. The van der Waals surface area contributed by atoms with Crippen LogP contribution in [0.4, 0.5) is 5.69 Å². The van der Waals surface area contributed by atoms with E-state index in [0.29, 0.717) is 27.9 Å². The van der Waals surface area contributed by atoms with Gasteiger partial charge in [-0.15, -0.1) is 0 Å². The van der Waals surface area contributed by atoms with Crippen molar-refractivity contribution >= 4 is 35.2 Å². The smallest absolute Gasteiger partial charge is 0.336 e. The molecular formula is C25H22ClNO3. The maximum absolute atomic E-state index is 12.3. The summed E-state index contributed by atoms with van der Waals surface area (Å²) in [6.07, 6.45) is 3.09. The third kappa shape index (κ3) is 6.06. The fourth-order valence-corrected chi connectivity index (χ4v) is 2.84. The van der Waals surface area contributed by atoms with Gasteiger partial charge in [0.2, 0.25) is 0 Å². The van der Waals surface area contributed by atoms with Crippen LogP contribution >= 0.6 is 11.6 Å². The Morgan fingerprint density at radius 2 is 1.53 bits per heavy atom. The van der Waals surface area contributed by atoms with Crippen LogP contribution in [0.5, 0.6) is 5.75 Å². The first kappa shape index (κ1) is 21.3. The molecule has 0 atom stereocenters. The molecule has 0 aliphatic carbocycles. The van der Waals surface area contributed by atoms with Gasteiger partial charge in [-0.25, -0.2) is 4.79 Å². The highest BCUT2D eigenvalue weighted by Crippen LogP contribution is 2.18. The second-order valence-electron chi connectivity index (χ2n) is 7.06. The molecule has 5 heteroatoms. The molecule has 0 aromatic heterocycles. The predicted molar refractivity (Wildman–Crippen MR) is 121 cm³/mol. The van der Waals surface area contributed by atoms with Crippen LogP contribution in [0.25, 0.3) is 6.08 Å². The second-order valence-corrected chi connectivity index (χ2v) is 7.50. The number of amides is 1. The average Bonchev–Trinajstić information content (AvgIpc) is 2.74. The van der Waals surface area contributed by atoms with Crippen molar-refractivity contribution in [3.8, 4) is 5.75 Å². The Hall–Kier alpha value is -3.37. The molecule has 0 spiro atoms. The van der Waals surface area contributed by atoms with Crippen LogP contribution in [0, 0.1) is 0 Å². The van der Waals surface area contributed by atoms with Crippen molar-refractivity contribution in [2.24, 2.45) is 0 Å². The van der Waals surface area contributed by atoms with Crippen molar-refractivity contribution in [1.29, 1.82) is 0 Å². The fraction of sp³-hybridized carbons (Fsp3) is 0.120. The third-order valence-electron chi connectivity index (χ3n) is 4.45. The summed E-state index contributed by atoms with van der Waals surface area (Å²) in [5, 5.41) is 3.38.